The van der Waals surface area contributed by atoms with Crippen molar-refractivity contribution in [1.82, 2.24) is 4.98 Å². The lowest BCUT2D eigenvalue weighted by atomic mass is 9.52. The van der Waals surface area contributed by atoms with E-state index in [0.29, 0.717) is 29.7 Å². The lowest BCUT2D eigenvalue weighted by molar-refractivity contribution is -0.133. The first-order valence-corrected chi connectivity index (χ1v) is 8.99. The average molecular weight is 314 g/mol. The Bertz CT molecular complexity index is 603. The molecule has 3 saturated heterocycles. The van der Waals surface area contributed by atoms with Gasteiger partial charge in [0.2, 0.25) is 0 Å². The number of rotatable bonds is 3. The predicted octanol–water partition coefficient (Wildman–Crippen LogP) is 2.05. The van der Waals surface area contributed by atoms with Gasteiger partial charge in [-0.05, 0) is 50.2 Å². The van der Waals surface area contributed by atoms with Crippen molar-refractivity contribution in [1.29, 1.82) is 0 Å². The smallest absolute Gasteiger partial charge is 0.129 e. The summed E-state index contributed by atoms with van der Waals surface area (Å²) in [6.07, 6.45) is 7.06. The summed E-state index contributed by atoms with van der Waals surface area (Å²) >= 11 is 0. The molecule has 2 bridgehead atoms. The first-order chi connectivity index (χ1) is 11.1. The van der Waals surface area contributed by atoms with Crippen LogP contribution < -0.4 is 16.0 Å². The molecule has 0 aromatic carbocycles. The maximum Gasteiger partial charge on any atom is 0.129 e. The van der Waals surface area contributed by atoms with Gasteiger partial charge < -0.3 is 20.7 Å². The average Bonchev–Trinajstić information content (AvgIpc) is 2.44. The van der Waals surface area contributed by atoms with Crippen LogP contribution in [0.4, 0.5) is 11.5 Å². The van der Waals surface area contributed by atoms with Gasteiger partial charge in [0.05, 0.1) is 23.6 Å². The van der Waals surface area contributed by atoms with E-state index >= 15 is 0 Å². The quantitative estimate of drug-likeness (QED) is 0.894. The Morgan fingerprint density at radius 3 is 2.52 bits per heavy atom. The van der Waals surface area contributed by atoms with E-state index in [4.69, 9.17) is 15.5 Å². The summed E-state index contributed by atoms with van der Waals surface area (Å²) in [6, 6.07) is 5.42. The normalized spacial score (nSPS) is 41.0. The number of hydrogen-bond acceptors (Lipinski definition) is 5. The van der Waals surface area contributed by atoms with Crippen LogP contribution in [0.25, 0.3) is 0 Å². The molecule has 3 aliphatic heterocycles. The zero-order chi connectivity index (χ0) is 15.6. The van der Waals surface area contributed by atoms with Crippen LogP contribution in [0.15, 0.2) is 12.1 Å². The Morgan fingerprint density at radius 1 is 1.22 bits per heavy atom. The monoisotopic (exact) mass is 314 g/mol. The molecule has 124 valence electrons. The highest BCUT2D eigenvalue weighted by Crippen LogP contribution is 2.55. The molecule has 23 heavy (non-hydrogen) atoms. The van der Waals surface area contributed by atoms with E-state index in [1.54, 1.807) is 0 Å². The molecule has 6 rings (SSSR count). The first kappa shape index (κ1) is 14.1. The molecule has 1 aromatic heterocycles. The minimum atomic E-state index is 0.425. The van der Waals surface area contributed by atoms with E-state index in [0.717, 1.165) is 24.6 Å². The molecule has 5 heteroatoms. The second-order valence-electron chi connectivity index (χ2n) is 8.24. The molecule has 5 nitrogen and oxygen atoms in total. The Morgan fingerprint density at radius 2 is 1.91 bits per heavy atom. The van der Waals surface area contributed by atoms with Crippen LogP contribution in [-0.4, -0.2) is 42.4 Å². The zero-order valence-electron chi connectivity index (χ0n) is 13.8. The number of fused-ring (bicyclic) bond motifs is 2. The fourth-order valence-corrected chi connectivity index (χ4v) is 5.11. The topological polar surface area (TPSA) is 63.4 Å². The Hall–Kier alpha value is -1.33. The zero-order valence-corrected chi connectivity index (χ0v) is 13.8. The van der Waals surface area contributed by atoms with Crippen LogP contribution in [0.2, 0.25) is 0 Å². The summed E-state index contributed by atoms with van der Waals surface area (Å²) in [7, 11) is 0. The van der Waals surface area contributed by atoms with Crippen LogP contribution in [0.5, 0.6) is 0 Å². The number of pyridine rings is 1. The number of nitrogens with two attached hydrogens (primary N) is 1. The van der Waals surface area contributed by atoms with E-state index in [1.807, 2.05) is 0 Å². The number of hydrogen-bond donors (Lipinski definition) is 2. The van der Waals surface area contributed by atoms with Crippen LogP contribution in [0, 0.1) is 12.3 Å². The predicted molar refractivity (Wildman–Crippen MR) is 90.8 cm³/mol. The summed E-state index contributed by atoms with van der Waals surface area (Å²) in [5.74, 6) is 1.10. The molecular weight excluding hydrogens is 288 g/mol. The lowest BCUT2D eigenvalue weighted by Crippen LogP contribution is -2.57. The van der Waals surface area contributed by atoms with Gasteiger partial charge in [-0.15, -0.1) is 0 Å². The van der Waals surface area contributed by atoms with Crippen LogP contribution in [-0.2, 0) is 4.74 Å². The third-order valence-electron chi connectivity index (χ3n) is 6.26. The number of nitrogens with one attached hydrogen (secondary N) is 1. The number of ether oxygens (including phenoxy) is 1. The molecule has 1 spiro atoms. The van der Waals surface area contributed by atoms with Crippen LogP contribution in [0.3, 0.4) is 0 Å². The SMILES string of the molecule is Cc1nc(N2CC3CC(C2)O3)ccc1NC1CC2(CC(N)C2)C1. The number of aryl methyl sites for hydroxylation is 1. The second kappa shape index (κ2) is 4.84. The summed E-state index contributed by atoms with van der Waals surface area (Å²) in [5.41, 5.74) is 8.81. The molecule has 1 aromatic rings. The Kier molecular flexibility index (Phi) is 2.95. The molecule has 2 saturated carbocycles. The number of aromatic nitrogens is 1. The van der Waals surface area contributed by atoms with Crippen molar-refractivity contribution in [2.45, 2.75) is 63.3 Å². The second-order valence-corrected chi connectivity index (χ2v) is 8.24. The molecule has 4 heterocycles. The van der Waals surface area contributed by atoms with Gasteiger partial charge in [-0.2, -0.15) is 0 Å². The van der Waals surface area contributed by atoms with Crippen molar-refractivity contribution < 1.29 is 4.74 Å². The van der Waals surface area contributed by atoms with Crippen molar-refractivity contribution in [2.24, 2.45) is 11.1 Å². The van der Waals surface area contributed by atoms with Gasteiger partial charge in [0.15, 0.2) is 0 Å². The van der Waals surface area contributed by atoms with Crippen LogP contribution in [0.1, 0.15) is 37.8 Å². The third kappa shape index (κ3) is 2.32. The minimum absolute atomic E-state index is 0.425. The van der Waals surface area contributed by atoms with Gasteiger partial charge in [0.1, 0.15) is 5.82 Å². The molecular formula is C18H26N4O. The molecule has 0 radical (unpaired) electrons. The molecule has 5 fully saturated rings. The fourth-order valence-electron chi connectivity index (χ4n) is 5.11. The lowest BCUT2D eigenvalue weighted by Gasteiger charge is -2.57. The highest BCUT2D eigenvalue weighted by atomic mass is 16.5. The van der Waals surface area contributed by atoms with Crippen molar-refractivity contribution >= 4 is 11.5 Å². The van der Waals surface area contributed by atoms with Gasteiger partial charge in [-0.3, -0.25) is 0 Å². The molecule has 2 atom stereocenters. The first-order valence-electron chi connectivity index (χ1n) is 8.99. The highest BCUT2D eigenvalue weighted by molar-refractivity contribution is 5.55. The van der Waals surface area contributed by atoms with Gasteiger partial charge in [-0.1, -0.05) is 0 Å². The van der Waals surface area contributed by atoms with Gasteiger partial charge in [-0.25, -0.2) is 4.98 Å². The molecule has 0 amide bonds. The fraction of sp³-hybridized carbons (Fsp3) is 0.722. The standard InChI is InChI=1S/C18H26N4O/c1-11-16(21-13-7-18(8-13)5-12(19)6-18)2-3-17(20-11)22-9-14-4-15(10-22)23-14/h2-3,12-15,21H,4-10,19H2,1H3. The van der Waals surface area contributed by atoms with Crippen molar-refractivity contribution in [3.8, 4) is 0 Å². The summed E-state index contributed by atoms with van der Waals surface area (Å²) < 4.78 is 5.71. The Labute approximate surface area is 137 Å². The van der Waals surface area contributed by atoms with Crippen molar-refractivity contribution in [2.75, 3.05) is 23.3 Å². The van der Waals surface area contributed by atoms with E-state index in [-0.39, 0.29) is 0 Å². The third-order valence-corrected chi connectivity index (χ3v) is 6.26. The largest absolute Gasteiger partial charge is 0.381 e. The van der Waals surface area contributed by atoms with E-state index in [1.165, 1.54) is 37.8 Å². The van der Waals surface area contributed by atoms with E-state index in [9.17, 15) is 0 Å². The highest BCUT2D eigenvalue weighted by Gasteiger charge is 2.51. The molecule has 2 aliphatic carbocycles. The summed E-state index contributed by atoms with van der Waals surface area (Å²) in [5, 5.41) is 3.69. The van der Waals surface area contributed by atoms with Gasteiger partial charge >= 0.3 is 0 Å². The number of piperidine rings is 1. The molecule has 5 aliphatic rings. The van der Waals surface area contributed by atoms with Crippen LogP contribution >= 0.6 is 0 Å². The maximum atomic E-state index is 5.94. The minimum Gasteiger partial charge on any atom is -0.381 e. The maximum absolute atomic E-state index is 5.94. The van der Waals surface area contributed by atoms with Crippen molar-refractivity contribution in [3.05, 3.63) is 17.8 Å². The number of anilines is 2. The Balaban J connectivity index is 1.22. The number of nitrogens with zero attached hydrogens (tertiary/aromatic N) is 2. The van der Waals surface area contributed by atoms with E-state index in [2.05, 4.69) is 29.3 Å². The van der Waals surface area contributed by atoms with Gasteiger partial charge in [0.25, 0.3) is 0 Å². The molecule has 2 unspecified atom stereocenters. The summed E-state index contributed by atoms with van der Waals surface area (Å²) in [4.78, 5) is 7.20. The van der Waals surface area contributed by atoms with Gasteiger partial charge in [0, 0.05) is 31.6 Å². The van der Waals surface area contributed by atoms with E-state index < -0.39 is 0 Å². The summed E-state index contributed by atoms with van der Waals surface area (Å²) in [6.45, 7) is 4.09. The molecule has 3 N–H and O–H groups in total. The van der Waals surface area contributed by atoms with Crippen molar-refractivity contribution in [3.63, 3.8) is 0 Å². The number of morpholine rings is 1.